The van der Waals surface area contributed by atoms with Crippen molar-refractivity contribution >= 4 is 28.1 Å². The first-order valence-electron chi connectivity index (χ1n) is 4.82. The van der Waals surface area contributed by atoms with Gasteiger partial charge in [0, 0.05) is 11.1 Å². The molecule has 0 spiro atoms. The number of nitrogens with one attached hydrogen (secondary N) is 1. The summed E-state index contributed by atoms with van der Waals surface area (Å²) in [5, 5.41) is 6.41. The molecule has 0 bridgehead atoms. The number of rotatable bonds is 1. The van der Waals surface area contributed by atoms with Crippen molar-refractivity contribution in [3.63, 3.8) is 0 Å². The van der Waals surface area contributed by atoms with Crippen LogP contribution in [0.5, 0.6) is 0 Å². The molecule has 1 aromatic carbocycles. The van der Waals surface area contributed by atoms with Gasteiger partial charge in [-0.25, -0.2) is 10.1 Å². The topological polar surface area (TPSA) is 96.5 Å². The molecule has 0 unspecified atom stereocenters. The Hall–Kier alpha value is -2.28. The first kappa shape index (κ1) is 9.91. The van der Waals surface area contributed by atoms with E-state index in [0.29, 0.717) is 16.8 Å². The Labute approximate surface area is 99.6 Å². The molecule has 1 aromatic heterocycles. The van der Waals surface area contributed by atoms with E-state index in [1.165, 1.54) is 0 Å². The molecule has 0 saturated heterocycles. The van der Waals surface area contributed by atoms with Crippen LogP contribution in [0.15, 0.2) is 39.0 Å². The Morgan fingerprint density at radius 3 is 2.76 bits per heavy atom. The van der Waals surface area contributed by atoms with Gasteiger partial charge in [0.15, 0.2) is 5.84 Å². The Bertz CT molecular complexity index is 696. The number of nitrogens with zero attached hydrogens (tertiary/aromatic N) is 3. The highest BCUT2D eigenvalue weighted by Crippen LogP contribution is 2.20. The van der Waals surface area contributed by atoms with Gasteiger partial charge in [-0.1, -0.05) is 24.3 Å². The molecule has 0 fully saturated rings. The summed E-state index contributed by atoms with van der Waals surface area (Å²) < 4.78 is 0. The first-order valence-corrected chi connectivity index (χ1v) is 5.64. The predicted molar refractivity (Wildman–Crippen MR) is 66.1 cm³/mol. The van der Waals surface area contributed by atoms with Gasteiger partial charge in [-0.3, -0.25) is 4.79 Å². The fraction of sp³-hybridized carbons (Fsp3) is 0. The number of hydrogen-bond acceptors (Lipinski definition) is 5. The van der Waals surface area contributed by atoms with Crippen molar-refractivity contribution in [3.8, 4) is 0 Å². The van der Waals surface area contributed by atoms with Gasteiger partial charge >= 0.3 is 4.87 Å². The summed E-state index contributed by atoms with van der Waals surface area (Å²) in [5.41, 5.74) is 7.49. The van der Waals surface area contributed by atoms with Gasteiger partial charge in [-0.05, 0) is 11.3 Å². The van der Waals surface area contributed by atoms with Crippen LogP contribution < -0.4 is 10.6 Å². The summed E-state index contributed by atoms with van der Waals surface area (Å²) >= 11 is 0.931. The number of H-pyrrole nitrogens is 1. The number of aromatic nitrogens is 2. The van der Waals surface area contributed by atoms with E-state index in [9.17, 15) is 4.79 Å². The zero-order valence-corrected chi connectivity index (χ0v) is 9.36. The maximum atomic E-state index is 10.9. The highest BCUT2D eigenvalue weighted by molar-refractivity contribution is 7.12. The quantitative estimate of drug-likeness (QED) is 0.771. The van der Waals surface area contributed by atoms with Crippen LogP contribution in [-0.4, -0.2) is 21.9 Å². The largest absolute Gasteiger partial charge is 0.383 e. The third-order valence-electron chi connectivity index (χ3n) is 2.30. The zero-order valence-electron chi connectivity index (χ0n) is 8.54. The first-order chi connectivity index (χ1) is 8.24. The monoisotopic (exact) mass is 245 g/mol. The molecule has 0 amide bonds. The highest BCUT2D eigenvalue weighted by Gasteiger charge is 2.19. The van der Waals surface area contributed by atoms with Crippen molar-refractivity contribution in [2.75, 3.05) is 0 Å². The lowest BCUT2D eigenvalue weighted by Crippen LogP contribution is -2.09. The normalized spacial score (nSPS) is 16.0. The maximum absolute atomic E-state index is 10.9. The molecule has 0 saturated carbocycles. The van der Waals surface area contributed by atoms with Crippen molar-refractivity contribution in [3.05, 3.63) is 45.1 Å². The SMILES string of the molecule is NC1=N/C(=N\c2n[nH]c(=O)s2)c2ccccc21. The van der Waals surface area contributed by atoms with Crippen molar-refractivity contribution < 1.29 is 0 Å². The molecule has 1 aliphatic heterocycles. The van der Waals surface area contributed by atoms with Crippen LogP contribution >= 0.6 is 11.3 Å². The van der Waals surface area contributed by atoms with Crippen molar-refractivity contribution in [1.82, 2.24) is 10.2 Å². The number of aromatic amines is 1. The molecular weight excluding hydrogens is 238 g/mol. The Morgan fingerprint density at radius 2 is 2.06 bits per heavy atom. The van der Waals surface area contributed by atoms with Gasteiger partial charge in [-0.2, -0.15) is 4.99 Å². The second-order valence-electron chi connectivity index (χ2n) is 3.37. The molecule has 1 aliphatic rings. The van der Waals surface area contributed by atoms with E-state index in [-0.39, 0.29) is 4.87 Å². The van der Waals surface area contributed by atoms with Crippen molar-refractivity contribution in [2.24, 2.45) is 15.7 Å². The minimum absolute atomic E-state index is 0.243. The standard InChI is InChI=1S/C10H7N5OS/c11-7-5-3-1-2-4-6(5)8(12-7)13-9-14-15-10(16)17-9/h1-4H,(H,15,16)(H2,11,12,13,14). The molecule has 0 radical (unpaired) electrons. The molecule has 3 rings (SSSR count). The van der Waals surface area contributed by atoms with E-state index in [1.54, 1.807) is 0 Å². The van der Waals surface area contributed by atoms with Crippen LogP contribution in [-0.2, 0) is 0 Å². The average molecular weight is 245 g/mol. The van der Waals surface area contributed by atoms with Crippen LogP contribution in [0.1, 0.15) is 11.1 Å². The van der Waals surface area contributed by atoms with Crippen LogP contribution in [0.25, 0.3) is 0 Å². The van der Waals surface area contributed by atoms with E-state index in [1.807, 2.05) is 24.3 Å². The van der Waals surface area contributed by atoms with Gasteiger partial charge in [-0.15, -0.1) is 5.10 Å². The second kappa shape index (κ2) is 3.63. The lowest BCUT2D eigenvalue weighted by Gasteiger charge is -1.96. The summed E-state index contributed by atoms with van der Waals surface area (Å²) in [6, 6.07) is 7.53. The number of fused-ring (bicyclic) bond motifs is 1. The van der Waals surface area contributed by atoms with Gasteiger partial charge in [0.2, 0.25) is 5.13 Å². The number of hydrogen-bond donors (Lipinski definition) is 2. The number of aliphatic imine (C=N–C) groups is 2. The number of nitrogens with two attached hydrogens (primary N) is 1. The lowest BCUT2D eigenvalue weighted by molar-refractivity contribution is 1.05. The number of amidine groups is 2. The molecule has 2 aromatic rings. The molecule has 0 aliphatic carbocycles. The van der Waals surface area contributed by atoms with Crippen LogP contribution in [0, 0.1) is 0 Å². The van der Waals surface area contributed by atoms with E-state index in [0.717, 1.165) is 22.5 Å². The maximum Gasteiger partial charge on any atom is 0.324 e. The van der Waals surface area contributed by atoms with Gasteiger partial charge in [0.1, 0.15) is 5.84 Å². The molecule has 2 heterocycles. The molecule has 0 atom stereocenters. The van der Waals surface area contributed by atoms with Crippen LogP contribution in [0.4, 0.5) is 5.13 Å². The molecule has 3 N–H and O–H groups in total. The van der Waals surface area contributed by atoms with E-state index in [4.69, 9.17) is 5.73 Å². The van der Waals surface area contributed by atoms with Gasteiger partial charge in [0.25, 0.3) is 0 Å². The molecule has 6 nitrogen and oxygen atoms in total. The van der Waals surface area contributed by atoms with Crippen molar-refractivity contribution in [1.29, 1.82) is 0 Å². The molecule has 17 heavy (non-hydrogen) atoms. The van der Waals surface area contributed by atoms with E-state index < -0.39 is 0 Å². The molecule has 7 heteroatoms. The molecular formula is C10H7N5OS. The molecule has 84 valence electrons. The summed E-state index contributed by atoms with van der Waals surface area (Å²) in [7, 11) is 0. The Kier molecular flexibility index (Phi) is 2.12. The van der Waals surface area contributed by atoms with Crippen LogP contribution in [0.3, 0.4) is 0 Å². The third-order valence-corrected chi connectivity index (χ3v) is 2.94. The summed E-state index contributed by atoms with van der Waals surface area (Å²) in [6.45, 7) is 0. The summed E-state index contributed by atoms with van der Waals surface area (Å²) in [5.74, 6) is 0.920. The third kappa shape index (κ3) is 1.66. The summed E-state index contributed by atoms with van der Waals surface area (Å²) in [6.07, 6.45) is 0. The minimum atomic E-state index is -0.243. The fourth-order valence-corrected chi connectivity index (χ4v) is 2.06. The zero-order chi connectivity index (χ0) is 11.8. The average Bonchev–Trinajstić information content (AvgIpc) is 2.86. The van der Waals surface area contributed by atoms with Gasteiger partial charge in [0.05, 0.1) is 0 Å². The Balaban J connectivity index is 2.13. The second-order valence-corrected chi connectivity index (χ2v) is 4.31. The lowest BCUT2D eigenvalue weighted by atomic mass is 10.1. The van der Waals surface area contributed by atoms with Crippen LogP contribution in [0.2, 0.25) is 0 Å². The van der Waals surface area contributed by atoms with Crippen molar-refractivity contribution in [2.45, 2.75) is 0 Å². The number of benzene rings is 1. The van der Waals surface area contributed by atoms with Gasteiger partial charge < -0.3 is 5.73 Å². The van der Waals surface area contributed by atoms with E-state index in [2.05, 4.69) is 20.2 Å². The summed E-state index contributed by atoms with van der Waals surface area (Å²) in [4.78, 5) is 19.1. The smallest absolute Gasteiger partial charge is 0.324 e. The fourth-order valence-electron chi connectivity index (χ4n) is 1.58. The Morgan fingerprint density at radius 1 is 1.29 bits per heavy atom. The highest BCUT2D eigenvalue weighted by atomic mass is 32.1. The van der Waals surface area contributed by atoms with E-state index >= 15 is 0 Å². The predicted octanol–water partition coefficient (Wildman–Crippen LogP) is 0.629. The minimum Gasteiger partial charge on any atom is -0.383 e.